The molecule has 0 fully saturated rings. The highest BCUT2D eigenvalue weighted by atomic mass is 16.5. The second-order valence-electron chi connectivity index (χ2n) is 7.25. The minimum absolute atomic E-state index is 0.107. The number of benzene rings is 3. The van der Waals surface area contributed by atoms with Crippen molar-refractivity contribution in [1.29, 1.82) is 0 Å². The molecule has 33 heavy (non-hydrogen) atoms. The Labute approximate surface area is 189 Å². The summed E-state index contributed by atoms with van der Waals surface area (Å²) in [7, 11) is 0. The molecule has 8 heteroatoms. The van der Waals surface area contributed by atoms with Crippen molar-refractivity contribution in [3.05, 3.63) is 95.9 Å². The van der Waals surface area contributed by atoms with Crippen LogP contribution in [0.1, 0.15) is 26.7 Å². The van der Waals surface area contributed by atoms with Gasteiger partial charge in [-0.05, 0) is 53.2 Å². The zero-order valence-electron chi connectivity index (χ0n) is 17.5. The van der Waals surface area contributed by atoms with Crippen LogP contribution in [0.2, 0.25) is 0 Å². The second-order valence-corrected chi connectivity index (χ2v) is 7.25. The van der Waals surface area contributed by atoms with E-state index in [1.807, 2.05) is 42.5 Å². The Hall–Kier alpha value is -4.59. The maximum absolute atomic E-state index is 12.5. The van der Waals surface area contributed by atoms with Crippen LogP contribution in [0.5, 0.6) is 5.75 Å². The third-order valence-corrected chi connectivity index (χ3v) is 4.79. The average molecular weight is 443 g/mol. The molecular weight excluding hydrogens is 422 g/mol. The predicted octanol–water partition coefficient (Wildman–Crippen LogP) is 3.48. The zero-order chi connectivity index (χ0) is 23.2. The summed E-state index contributed by atoms with van der Waals surface area (Å²) < 4.78 is 11.4. The van der Waals surface area contributed by atoms with Crippen molar-refractivity contribution in [3.63, 3.8) is 0 Å². The van der Waals surface area contributed by atoms with Gasteiger partial charge in [0, 0.05) is 11.3 Å². The van der Waals surface area contributed by atoms with E-state index in [2.05, 4.69) is 10.6 Å². The van der Waals surface area contributed by atoms with E-state index in [0.717, 1.165) is 10.8 Å². The Bertz CT molecular complexity index is 1330. The molecule has 1 aromatic heterocycles. The number of furan rings is 1. The van der Waals surface area contributed by atoms with Crippen molar-refractivity contribution < 1.29 is 23.5 Å². The van der Waals surface area contributed by atoms with Gasteiger partial charge in [0.2, 0.25) is 5.91 Å². The van der Waals surface area contributed by atoms with E-state index in [0.29, 0.717) is 17.2 Å². The van der Waals surface area contributed by atoms with Gasteiger partial charge in [-0.3, -0.25) is 14.4 Å². The van der Waals surface area contributed by atoms with Gasteiger partial charge < -0.3 is 25.5 Å². The zero-order valence-corrected chi connectivity index (χ0v) is 17.5. The summed E-state index contributed by atoms with van der Waals surface area (Å²) in [4.78, 5) is 35.4. The lowest BCUT2D eigenvalue weighted by Crippen LogP contribution is -2.33. The molecule has 0 unspecified atom stereocenters. The molecule has 166 valence electrons. The highest BCUT2D eigenvalue weighted by molar-refractivity contribution is 6.03. The standard InChI is InChI=1S/C25H21N3O5/c26-23(29)14-27-24(30)18-6-3-7-19(12-18)28-25(31)22-11-10-21(33-22)15-32-20-9-8-16-4-1-2-5-17(16)13-20/h1-13H,14-15H2,(H2,26,29)(H,27,30)(H,28,31). The first-order valence-corrected chi connectivity index (χ1v) is 10.2. The topological polar surface area (TPSA) is 124 Å². The molecule has 3 aromatic carbocycles. The van der Waals surface area contributed by atoms with Gasteiger partial charge in [0.1, 0.15) is 18.1 Å². The summed E-state index contributed by atoms with van der Waals surface area (Å²) in [6.07, 6.45) is 0. The number of rotatable bonds is 8. The molecule has 1 heterocycles. The van der Waals surface area contributed by atoms with E-state index >= 15 is 0 Å². The highest BCUT2D eigenvalue weighted by Crippen LogP contribution is 2.22. The highest BCUT2D eigenvalue weighted by Gasteiger charge is 2.14. The normalized spacial score (nSPS) is 10.5. The molecule has 4 N–H and O–H groups in total. The smallest absolute Gasteiger partial charge is 0.291 e. The number of ether oxygens (including phenoxy) is 1. The molecule has 0 saturated heterocycles. The minimum atomic E-state index is -0.647. The first-order valence-electron chi connectivity index (χ1n) is 10.2. The summed E-state index contributed by atoms with van der Waals surface area (Å²) in [5.41, 5.74) is 5.70. The van der Waals surface area contributed by atoms with Crippen LogP contribution in [0.25, 0.3) is 10.8 Å². The van der Waals surface area contributed by atoms with E-state index in [1.54, 1.807) is 30.3 Å². The monoisotopic (exact) mass is 443 g/mol. The van der Waals surface area contributed by atoms with Gasteiger partial charge in [-0.2, -0.15) is 0 Å². The number of fused-ring (bicyclic) bond motifs is 1. The van der Waals surface area contributed by atoms with Gasteiger partial charge in [-0.1, -0.05) is 36.4 Å². The van der Waals surface area contributed by atoms with Crippen molar-refractivity contribution in [2.45, 2.75) is 6.61 Å². The molecular formula is C25H21N3O5. The quantitative estimate of drug-likeness (QED) is 0.385. The summed E-state index contributed by atoms with van der Waals surface area (Å²) >= 11 is 0. The van der Waals surface area contributed by atoms with Crippen molar-refractivity contribution in [3.8, 4) is 5.75 Å². The number of hydrogen-bond donors (Lipinski definition) is 3. The van der Waals surface area contributed by atoms with Gasteiger partial charge >= 0.3 is 0 Å². The largest absolute Gasteiger partial charge is 0.486 e. The molecule has 0 bridgehead atoms. The fourth-order valence-electron chi connectivity index (χ4n) is 3.19. The third kappa shape index (κ3) is 5.56. The van der Waals surface area contributed by atoms with Gasteiger partial charge in [0.15, 0.2) is 5.76 Å². The van der Waals surface area contributed by atoms with Gasteiger partial charge in [0.05, 0.1) is 6.54 Å². The van der Waals surface area contributed by atoms with Crippen LogP contribution in [0.15, 0.2) is 83.3 Å². The van der Waals surface area contributed by atoms with Gasteiger partial charge in [0.25, 0.3) is 11.8 Å². The lowest BCUT2D eigenvalue weighted by Gasteiger charge is -2.07. The molecule has 0 radical (unpaired) electrons. The molecule has 0 saturated carbocycles. The van der Waals surface area contributed by atoms with Crippen LogP contribution in [0.4, 0.5) is 5.69 Å². The number of carbonyl (C=O) groups excluding carboxylic acids is 3. The molecule has 0 aliphatic carbocycles. The number of nitrogens with two attached hydrogens (primary N) is 1. The minimum Gasteiger partial charge on any atom is -0.486 e. The molecule has 0 spiro atoms. The van der Waals surface area contributed by atoms with Crippen LogP contribution in [-0.4, -0.2) is 24.3 Å². The van der Waals surface area contributed by atoms with Crippen molar-refractivity contribution >= 4 is 34.2 Å². The van der Waals surface area contributed by atoms with E-state index in [9.17, 15) is 14.4 Å². The third-order valence-electron chi connectivity index (χ3n) is 4.79. The van der Waals surface area contributed by atoms with E-state index in [-0.39, 0.29) is 24.5 Å². The number of hydrogen-bond acceptors (Lipinski definition) is 5. The van der Waals surface area contributed by atoms with Crippen molar-refractivity contribution in [2.75, 3.05) is 11.9 Å². The maximum Gasteiger partial charge on any atom is 0.291 e. The number of nitrogens with one attached hydrogen (secondary N) is 2. The van der Waals surface area contributed by atoms with Crippen LogP contribution in [0.3, 0.4) is 0 Å². The molecule has 8 nitrogen and oxygen atoms in total. The number of primary amides is 1. The lowest BCUT2D eigenvalue weighted by molar-refractivity contribution is -0.117. The van der Waals surface area contributed by atoms with Gasteiger partial charge in [-0.15, -0.1) is 0 Å². The molecule has 0 aliphatic heterocycles. The van der Waals surface area contributed by atoms with Crippen molar-refractivity contribution in [1.82, 2.24) is 5.32 Å². The predicted molar refractivity (Wildman–Crippen MR) is 123 cm³/mol. The Balaban J connectivity index is 1.36. The molecule has 4 aromatic rings. The SMILES string of the molecule is NC(=O)CNC(=O)c1cccc(NC(=O)c2ccc(COc3ccc4ccccc4c3)o2)c1. The van der Waals surface area contributed by atoms with Crippen LogP contribution in [-0.2, 0) is 11.4 Å². The second kappa shape index (κ2) is 9.69. The Morgan fingerprint density at radius 2 is 1.67 bits per heavy atom. The first-order chi connectivity index (χ1) is 16.0. The Morgan fingerprint density at radius 1 is 0.848 bits per heavy atom. The summed E-state index contributed by atoms with van der Waals surface area (Å²) in [6, 6.07) is 23.3. The van der Waals surface area contributed by atoms with E-state index in [1.165, 1.54) is 6.07 Å². The lowest BCUT2D eigenvalue weighted by atomic mass is 10.1. The first kappa shape index (κ1) is 21.6. The number of carbonyl (C=O) groups is 3. The van der Waals surface area contributed by atoms with Gasteiger partial charge in [-0.25, -0.2) is 0 Å². The Morgan fingerprint density at radius 3 is 2.48 bits per heavy atom. The maximum atomic E-state index is 12.5. The summed E-state index contributed by atoms with van der Waals surface area (Å²) in [6.45, 7) is -0.104. The molecule has 4 rings (SSSR count). The summed E-state index contributed by atoms with van der Waals surface area (Å²) in [5, 5.41) is 7.26. The fourth-order valence-corrected chi connectivity index (χ4v) is 3.19. The molecule has 3 amide bonds. The van der Waals surface area contributed by atoms with Crippen LogP contribution >= 0.6 is 0 Å². The van der Waals surface area contributed by atoms with Crippen LogP contribution in [0, 0.1) is 0 Å². The average Bonchev–Trinajstić information content (AvgIpc) is 3.30. The fraction of sp³-hybridized carbons (Fsp3) is 0.0800. The van der Waals surface area contributed by atoms with E-state index in [4.69, 9.17) is 14.9 Å². The molecule has 0 aliphatic rings. The van der Waals surface area contributed by atoms with E-state index < -0.39 is 17.7 Å². The number of amides is 3. The number of anilines is 1. The molecule has 0 atom stereocenters. The summed E-state index contributed by atoms with van der Waals surface area (Å²) in [5.74, 6) is -0.296. The van der Waals surface area contributed by atoms with Crippen LogP contribution < -0.4 is 21.1 Å². The van der Waals surface area contributed by atoms with Crippen molar-refractivity contribution in [2.24, 2.45) is 5.73 Å². The Kier molecular flexibility index (Phi) is 6.36.